The van der Waals surface area contributed by atoms with Crippen molar-refractivity contribution in [3.8, 4) is 11.1 Å². The summed E-state index contributed by atoms with van der Waals surface area (Å²) in [6.07, 6.45) is -0.786. The fourth-order valence-electron chi connectivity index (χ4n) is 3.71. The zero-order valence-corrected chi connectivity index (χ0v) is 17.6. The molecule has 1 atom stereocenters. The van der Waals surface area contributed by atoms with Crippen molar-refractivity contribution in [3.05, 3.63) is 65.5 Å². The van der Waals surface area contributed by atoms with Crippen molar-refractivity contribution in [2.45, 2.75) is 12.0 Å². The Morgan fingerprint density at radius 3 is 2.33 bits per heavy atom. The molecule has 4 N–H and O–H groups in total. The number of amides is 2. The van der Waals surface area contributed by atoms with Gasteiger partial charge < -0.3 is 19.9 Å². The minimum absolute atomic E-state index is 0.106. The number of fused-ring (bicyclic) bond motifs is 3. The van der Waals surface area contributed by atoms with E-state index >= 15 is 0 Å². The average Bonchev–Trinajstić information content (AvgIpc) is 3.40. The van der Waals surface area contributed by atoms with Crippen molar-refractivity contribution in [1.29, 1.82) is 0 Å². The van der Waals surface area contributed by atoms with Crippen molar-refractivity contribution in [2.75, 3.05) is 25.6 Å². The van der Waals surface area contributed by atoms with Crippen LogP contribution in [0.15, 0.2) is 48.5 Å². The molecule has 3 aromatic rings. The Morgan fingerprint density at radius 2 is 1.73 bits per heavy atom. The van der Waals surface area contributed by atoms with E-state index in [0.717, 1.165) is 22.3 Å². The molecule has 11 heteroatoms. The van der Waals surface area contributed by atoms with Gasteiger partial charge in [-0.1, -0.05) is 48.5 Å². The number of carbonyl (C=O) groups excluding carboxylic acids is 2. The Labute approximate surface area is 188 Å². The number of H-pyrrole nitrogens is 1. The zero-order chi connectivity index (χ0) is 23.4. The topological polar surface area (TPSA) is 156 Å². The molecule has 0 bridgehead atoms. The second-order valence-corrected chi connectivity index (χ2v) is 7.28. The fourth-order valence-corrected chi connectivity index (χ4v) is 3.71. The number of methoxy groups -OCH3 is 1. The number of rotatable bonds is 8. The SMILES string of the molecule is COCC(NC(=O)c1nc(NC(=O)OCC2c3ccccc3-c3ccccc32)n[nH]1)C(=O)O. The highest BCUT2D eigenvalue weighted by atomic mass is 16.5. The lowest BCUT2D eigenvalue weighted by Crippen LogP contribution is -2.44. The molecule has 2 amide bonds. The molecule has 170 valence electrons. The van der Waals surface area contributed by atoms with Gasteiger partial charge in [0.1, 0.15) is 6.61 Å². The molecule has 0 aliphatic heterocycles. The van der Waals surface area contributed by atoms with Crippen LogP contribution >= 0.6 is 0 Å². The first kappa shape index (κ1) is 22.0. The van der Waals surface area contributed by atoms with Crippen molar-refractivity contribution in [2.24, 2.45) is 0 Å². The molecule has 0 saturated carbocycles. The number of hydrogen-bond donors (Lipinski definition) is 4. The molecule has 0 fully saturated rings. The number of anilines is 1. The van der Waals surface area contributed by atoms with Crippen LogP contribution < -0.4 is 10.6 Å². The van der Waals surface area contributed by atoms with Crippen LogP contribution in [-0.2, 0) is 14.3 Å². The normalized spacial score (nSPS) is 13.0. The Kier molecular flexibility index (Phi) is 6.31. The molecule has 1 aliphatic carbocycles. The lowest BCUT2D eigenvalue weighted by Gasteiger charge is -2.13. The zero-order valence-electron chi connectivity index (χ0n) is 17.6. The Morgan fingerprint density at radius 1 is 1.09 bits per heavy atom. The number of aromatic nitrogens is 3. The highest BCUT2D eigenvalue weighted by Gasteiger charge is 2.29. The molecule has 0 spiro atoms. The molecule has 0 radical (unpaired) electrons. The van der Waals surface area contributed by atoms with Gasteiger partial charge in [0.05, 0.1) is 6.61 Å². The van der Waals surface area contributed by atoms with Gasteiger partial charge >= 0.3 is 12.1 Å². The number of nitrogens with zero attached hydrogens (tertiary/aromatic N) is 2. The molecular weight excluding hydrogens is 430 g/mol. The lowest BCUT2D eigenvalue weighted by molar-refractivity contribution is -0.140. The second-order valence-electron chi connectivity index (χ2n) is 7.28. The van der Waals surface area contributed by atoms with E-state index in [1.807, 2.05) is 48.5 Å². The highest BCUT2D eigenvalue weighted by Crippen LogP contribution is 2.44. The Bertz CT molecular complexity index is 1150. The molecule has 33 heavy (non-hydrogen) atoms. The lowest BCUT2D eigenvalue weighted by atomic mass is 9.98. The number of nitrogens with one attached hydrogen (secondary N) is 3. The van der Waals surface area contributed by atoms with E-state index in [0.29, 0.717) is 0 Å². The number of benzene rings is 2. The van der Waals surface area contributed by atoms with Gasteiger partial charge in [-0.25, -0.2) is 9.59 Å². The third kappa shape index (κ3) is 4.67. The highest BCUT2D eigenvalue weighted by molar-refractivity contribution is 5.94. The quantitative estimate of drug-likeness (QED) is 0.405. The van der Waals surface area contributed by atoms with Gasteiger partial charge in [-0.05, 0) is 22.3 Å². The Balaban J connectivity index is 1.36. The van der Waals surface area contributed by atoms with Gasteiger partial charge in [-0.3, -0.25) is 15.2 Å². The van der Waals surface area contributed by atoms with Gasteiger partial charge in [0.2, 0.25) is 5.82 Å². The van der Waals surface area contributed by atoms with Crippen LogP contribution in [-0.4, -0.2) is 64.6 Å². The first-order valence-corrected chi connectivity index (χ1v) is 10.0. The predicted molar refractivity (Wildman–Crippen MR) is 116 cm³/mol. The number of aliphatic carboxylic acids is 1. The summed E-state index contributed by atoms with van der Waals surface area (Å²) in [6.45, 7) is -0.116. The first-order valence-electron chi connectivity index (χ1n) is 10.0. The smallest absolute Gasteiger partial charge is 0.414 e. The molecule has 11 nitrogen and oxygen atoms in total. The van der Waals surface area contributed by atoms with Crippen molar-refractivity contribution in [1.82, 2.24) is 20.5 Å². The summed E-state index contributed by atoms with van der Waals surface area (Å²) in [4.78, 5) is 39.4. The van der Waals surface area contributed by atoms with E-state index < -0.39 is 24.0 Å². The van der Waals surface area contributed by atoms with Crippen LogP contribution in [0, 0.1) is 0 Å². The number of carboxylic acid groups (broad SMARTS) is 1. The molecule has 1 aliphatic rings. The van der Waals surface area contributed by atoms with Gasteiger partial charge in [0, 0.05) is 13.0 Å². The minimum Gasteiger partial charge on any atom is -0.480 e. The largest absolute Gasteiger partial charge is 0.480 e. The van der Waals surface area contributed by atoms with E-state index in [-0.39, 0.29) is 30.9 Å². The van der Waals surface area contributed by atoms with Gasteiger partial charge in [-0.15, -0.1) is 5.10 Å². The van der Waals surface area contributed by atoms with Gasteiger partial charge in [-0.2, -0.15) is 4.98 Å². The van der Waals surface area contributed by atoms with Gasteiger partial charge in [0.15, 0.2) is 6.04 Å². The van der Waals surface area contributed by atoms with Crippen LogP contribution in [0.2, 0.25) is 0 Å². The first-order chi connectivity index (χ1) is 16.0. The van der Waals surface area contributed by atoms with Crippen LogP contribution in [0.5, 0.6) is 0 Å². The molecule has 0 saturated heterocycles. The monoisotopic (exact) mass is 451 g/mol. The maximum absolute atomic E-state index is 12.3. The maximum atomic E-state index is 12.3. The van der Waals surface area contributed by atoms with Gasteiger partial charge in [0.25, 0.3) is 11.9 Å². The fraction of sp³-hybridized carbons (Fsp3) is 0.227. The van der Waals surface area contributed by atoms with E-state index in [9.17, 15) is 14.4 Å². The second kappa shape index (κ2) is 9.49. The summed E-state index contributed by atoms with van der Waals surface area (Å²) < 4.78 is 10.2. The van der Waals surface area contributed by atoms with Crippen LogP contribution in [0.1, 0.15) is 27.7 Å². The summed E-state index contributed by atoms with van der Waals surface area (Å²) >= 11 is 0. The number of aromatic amines is 1. The van der Waals surface area contributed by atoms with Crippen molar-refractivity contribution >= 4 is 23.9 Å². The van der Waals surface area contributed by atoms with E-state index in [4.69, 9.17) is 14.6 Å². The number of carbonyl (C=O) groups is 3. The molecule has 4 rings (SSSR count). The molecule has 1 heterocycles. The summed E-state index contributed by atoms with van der Waals surface area (Å²) in [6, 6.07) is 14.7. The summed E-state index contributed by atoms with van der Waals surface area (Å²) in [7, 11) is 1.31. The summed E-state index contributed by atoms with van der Waals surface area (Å²) in [5.74, 6) is -2.64. The van der Waals surface area contributed by atoms with E-state index in [2.05, 4.69) is 25.8 Å². The molecule has 2 aromatic carbocycles. The summed E-state index contributed by atoms with van der Waals surface area (Å²) in [5, 5.41) is 19.8. The number of carboxylic acids is 1. The molecule has 1 aromatic heterocycles. The van der Waals surface area contributed by atoms with Crippen molar-refractivity contribution < 1.29 is 29.0 Å². The minimum atomic E-state index is -1.26. The van der Waals surface area contributed by atoms with E-state index in [1.165, 1.54) is 7.11 Å². The maximum Gasteiger partial charge on any atom is 0.414 e. The van der Waals surface area contributed by atoms with E-state index in [1.54, 1.807) is 0 Å². The third-order valence-electron chi connectivity index (χ3n) is 5.19. The molecular formula is C22H21N5O6. The molecule has 1 unspecified atom stereocenters. The average molecular weight is 451 g/mol. The summed E-state index contributed by atoms with van der Waals surface area (Å²) in [5.41, 5.74) is 4.37. The van der Waals surface area contributed by atoms with Crippen LogP contribution in [0.25, 0.3) is 11.1 Å². The van der Waals surface area contributed by atoms with Crippen LogP contribution in [0.3, 0.4) is 0 Å². The number of ether oxygens (including phenoxy) is 2. The number of hydrogen-bond acceptors (Lipinski definition) is 7. The predicted octanol–water partition coefficient (Wildman–Crippen LogP) is 2.00. The van der Waals surface area contributed by atoms with Crippen LogP contribution in [0.4, 0.5) is 10.7 Å². The Hall–Kier alpha value is -4.25. The third-order valence-corrected chi connectivity index (χ3v) is 5.19. The standard InChI is InChI=1S/C22H21N5O6/c1-32-11-17(20(29)30)23-19(28)18-24-21(27-26-18)25-22(31)33-10-16-14-8-4-2-6-12(14)13-7-3-5-9-15(13)16/h2-9,16-17H,10-11H2,1H3,(H,23,28)(H,29,30)(H2,24,25,26,27,31). The van der Waals surface area contributed by atoms with Crippen molar-refractivity contribution in [3.63, 3.8) is 0 Å².